The Morgan fingerprint density at radius 2 is 2.00 bits per heavy atom. The number of aromatic carboxylic acids is 1. The van der Waals surface area contributed by atoms with Crippen molar-refractivity contribution in [2.45, 2.75) is 44.7 Å². The highest BCUT2D eigenvalue weighted by Crippen LogP contribution is 2.20. The molecule has 0 atom stereocenters. The molecule has 0 spiro atoms. The highest BCUT2D eigenvalue weighted by atomic mass is 32.2. The van der Waals surface area contributed by atoms with Crippen molar-refractivity contribution in [3.63, 3.8) is 0 Å². The Bertz CT molecular complexity index is 508. The van der Waals surface area contributed by atoms with Gasteiger partial charge in [-0.3, -0.25) is 4.79 Å². The number of nitrogens with zero attached hydrogens (tertiary/aromatic N) is 1. The van der Waals surface area contributed by atoms with Crippen LogP contribution in [0.2, 0.25) is 0 Å². The van der Waals surface area contributed by atoms with E-state index in [4.69, 9.17) is 9.84 Å². The first kappa shape index (κ1) is 16.5. The Labute approximate surface area is 122 Å². The topological polar surface area (TPSA) is 76.5 Å². The third kappa shape index (κ3) is 5.61. The molecule has 0 aliphatic heterocycles. The number of rotatable bonds is 5. The molecule has 0 saturated carbocycles. The predicted molar refractivity (Wildman–Crippen MR) is 77.1 cm³/mol. The zero-order valence-electron chi connectivity index (χ0n) is 12.1. The molecule has 0 fully saturated rings. The van der Waals surface area contributed by atoms with Crippen LogP contribution in [0.4, 0.5) is 0 Å². The molecule has 1 rings (SSSR count). The van der Waals surface area contributed by atoms with E-state index in [1.807, 2.05) is 6.92 Å². The van der Waals surface area contributed by atoms with Gasteiger partial charge in [0.15, 0.2) is 0 Å². The van der Waals surface area contributed by atoms with Crippen LogP contribution in [0.25, 0.3) is 0 Å². The molecular weight excluding hydrogens is 278 g/mol. The number of hydrogen-bond acceptors (Lipinski definition) is 5. The monoisotopic (exact) mass is 297 g/mol. The molecule has 110 valence electrons. The molecule has 1 heterocycles. The molecule has 0 amide bonds. The van der Waals surface area contributed by atoms with E-state index in [0.29, 0.717) is 17.1 Å². The van der Waals surface area contributed by atoms with Gasteiger partial charge in [0.1, 0.15) is 5.60 Å². The summed E-state index contributed by atoms with van der Waals surface area (Å²) in [5.74, 6) is -1.24. The van der Waals surface area contributed by atoms with Gasteiger partial charge in [-0.15, -0.1) is 0 Å². The Morgan fingerprint density at radius 1 is 1.35 bits per heavy atom. The number of ether oxygens (including phenoxy) is 1. The number of hydrogen-bond donors (Lipinski definition) is 1. The van der Waals surface area contributed by atoms with Crippen molar-refractivity contribution in [1.82, 2.24) is 4.98 Å². The fourth-order valence-corrected chi connectivity index (χ4v) is 2.16. The maximum absolute atomic E-state index is 11.6. The highest BCUT2D eigenvalue weighted by molar-refractivity contribution is 7.99. The lowest BCUT2D eigenvalue weighted by atomic mass is 10.2. The number of carboxylic acids is 1. The van der Waals surface area contributed by atoms with Crippen LogP contribution in [0.1, 0.15) is 43.7 Å². The summed E-state index contributed by atoms with van der Waals surface area (Å²) < 4.78 is 5.19. The third-order valence-electron chi connectivity index (χ3n) is 2.22. The largest absolute Gasteiger partial charge is 0.478 e. The fourth-order valence-electron chi connectivity index (χ4n) is 1.44. The minimum Gasteiger partial charge on any atom is -0.478 e. The molecule has 0 unspecified atom stereocenters. The van der Waals surface area contributed by atoms with E-state index in [0.717, 1.165) is 0 Å². The Kier molecular flexibility index (Phi) is 5.56. The molecule has 6 heteroatoms. The molecule has 0 aliphatic rings. The van der Waals surface area contributed by atoms with E-state index in [1.165, 1.54) is 17.8 Å². The summed E-state index contributed by atoms with van der Waals surface area (Å²) in [6, 6.07) is 3.01. The van der Waals surface area contributed by atoms with Crippen LogP contribution in [0, 0.1) is 0 Å². The van der Waals surface area contributed by atoms with Gasteiger partial charge in [-0.25, -0.2) is 9.78 Å². The summed E-state index contributed by atoms with van der Waals surface area (Å²) in [5.41, 5.74) is 0.350. The predicted octanol–water partition coefficient (Wildman–Crippen LogP) is 2.78. The van der Waals surface area contributed by atoms with Crippen LogP contribution in [0.5, 0.6) is 0 Å². The van der Waals surface area contributed by atoms with E-state index in [-0.39, 0.29) is 17.3 Å². The van der Waals surface area contributed by atoms with Gasteiger partial charge in [-0.05, 0) is 39.3 Å². The standard InChI is InChI=1S/C14H19NO4S/c1-5-10-6-9(13(17)18)7-11(15-10)20-8-12(16)19-14(2,3)4/h6-7H,5,8H2,1-4H3,(H,17,18). The average Bonchev–Trinajstić information content (AvgIpc) is 2.33. The lowest BCUT2D eigenvalue weighted by Gasteiger charge is -2.19. The molecule has 1 aromatic rings. The van der Waals surface area contributed by atoms with Gasteiger partial charge in [0.2, 0.25) is 0 Å². The van der Waals surface area contributed by atoms with Crippen molar-refractivity contribution in [1.29, 1.82) is 0 Å². The maximum atomic E-state index is 11.6. The highest BCUT2D eigenvalue weighted by Gasteiger charge is 2.17. The van der Waals surface area contributed by atoms with Gasteiger partial charge in [-0.1, -0.05) is 18.7 Å². The number of carboxylic acid groups (broad SMARTS) is 1. The molecular formula is C14H19NO4S. The molecule has 0 saturated heterocycles. The zero-order valence-corrected chi connectivity index (χ0v) is 12.9. The molecule has 0 aliphatic carbocycles. The number of carbonyl (C=O) groups is 2. The molecule has 0 aromatic carbocycles. The third-order valence-corrected chi connectivity index (χ3v) is 3.11. The summed E-state index contributed by atoms with van der Waals surface area (Å²) in [6.07, 6.45) is 0.640. The first-order valence-corrected chi connectivity index (χ1v) is 7.28. The Balaban J connectivity index is 2.75. The Morgan fingerprint density at radius 3 is 2.50 bits per heavy atom. The number of aryl methyl sites for hydroxylation is 1. The van der Waals surface area contributed by atoms with E-state index in [9.17, 15) is 9.59 Å². The average molecular weight is 297 g/mol. The van der Waals surface area contributed by atoms with Crippen LogP contribution in [-0.2, 0) is 16.0 Å². The van der Waals surface area contributed by atoms with Crippen LogP contribution in [0.3, 0.4) is 0 Å². The quantitative estimate of drug-likeness (QED) is 0.665. The van der Waals surface area contributed by atoms with Gasteiger partial charge in [0.25, 0.3) is 0 Å². The molecule has 1 aromatic heterocycles. The van der Waals surface area contributed by atoms with Crippen molar-refractivity contribution in [3.8, 4) is 0 Å². The van der Waals surface area contributed by atoms with Crippen LogP contribution < -0.4 is 0 Å². The van der Waals surface area contributed by atoms with E-state index in [1.54, 1.807) is 26.8 Å². The lowest BCUT2D eigenvalue weighted by Crippen LogP contribution is -2.24. The van der Waals surface area contributed by atoms with Crippen LogP contribution in [0.15, 0.2) is 17.2 Å². The van der Waals surface area contributed by atoms with Gasteiger partial charge in [0, 0.05) is 5.69 Å². The van der Waals surface area contributed by atoms with Gasteiger partial charge >= 0.3 is 11.9 Å². The number of carbonyl (C=O) groups excluding carboxylic acids is 1. The van der Waals surface area contributed by atoms with Crippen molar-refractivity contribution < 1.29 is 19.4 Å². The van der Waals surface area contributed by atoms with E-state index >= 15 is 0 Å². The maximum Gasteiger partial charge on any atom is 0.335 e. The summed E-state index contributed by atoms with van der Waals surface area (Å²) in [4.78, 5) is 26.9. The number of pyridine rings is 1. The molecule has 1 N–H and O–H groups in total. The first-order chi connectivity index (χ1) is 9.21. The van der Waals surface area contributed by atoms with Crippen molar-refractivity contribution in [2.24, 2.45) is 0 Å². The van der Waals surface area contributed by atoms with E-state index in [2.05, 4.69) is 4.98 Å². The minimum atomic E-state index is -0.999. The summed E-state index contributed by atoms with van der Waals surface area (Å²) in [6.45, 7) is 7.30. The molecule has 20 heavy (non-hydrogen) atoms. The summed E-state index contributed by atoms with van der Waals surface area (Å²) in [5, 5.41) is 9.55. The number of thioether (sulfide) groups is 1. The summed E-state index contributed by atoms with van der Waals surface area (Å²) >= 11 is 1.18. The van der Waals surface area contributed by atoms with Crippen LogP contribution in [-0.4, -0.2) is 33.4 Å². The molecule has 0 radical (unpaired) electrons. The first-order valence-electron chi connectivity index (χ1n) is 6.30. The molecule has 0 bridgehead atoms. The Hall–Kier alpha value is -1.56. The van der Waals surface area contributed by atoms with Crippen molar-refractivity contribution in [3.05, 3.63) is 23.4 Å². The number of esters is 1. The smallest absolute Gasteiger partial charge is 0.335 e. The van der Waals surface area contributed by atoms with Crippen molar-refractivity contribution >= 4 is 23.7 Å². The second-order valence-electron chi connectivity index (χ2n) is 5.22. The second-order valence-corrected chi connectivity index (χ2v) is 6.21. The van der Waals surface area contributed by atoms with Gasteiger partial charge in [0.05, 0.1) is 16.3 Å². The molecule has 5 nitrogen and oxygen atoms in total. The van der Waals surface area contributed by atoms with Gasteiger partial charge < -0.3 is 9.84 Å². The minimum absolute atomic E-state index is 0.108. The zero-order chi connectivity index (χ0) is 15.3. The second kappa shape index (κ2) is 6.74. The summed E-state index contributed by atoms with van der Waals surface area (Å²) in [7, 11) is 0. The SMILES string of the molecule is CCc1cc(C(=O)O)cc(SCC(=O)OC(C)(C)C)n1. The normalized spacial score (nSPS) is 11.2. The van der Waals surface area contributed by atoms with Gasteiger partial charge in [-0.2, -0.15) is 0 Å². The number of aromatic nitrogens is 1. The van der Waals surface area contributed by atoms with E-state index < -0.39 is 11.6 Å². The van der Waals surface area contributed by atoms with Crippen molar-refractivity contribution in [2.75, 3.05) is 5.75 Å². The lowest BCUT2D eigenvalue weighted by molar-refractivity contribution is -0.151. The fraction of sp³-hybridized carbons (Fsp3) is 0.500. The van der Waals surface area contributed by atoms with Crippen LogP contribution >= 0.6 is 11.8 Å².